The Morgan fingerprint density at radius 1 is 0.847 bits per heavy atom. The number of azide groups is 4. The second-order valence-corrected chi connectivity index (χ2v) is 14.5. The number of carbonyl (C=O) groups is 2. The van der Waals surface area contributed by atoms with Gasteiger partial charge < -0.3 is 43.6 Å². The van der Waals surface area contributed by atoms with E-state index in [4.69, 9.17) is 38.7 Å². The molecule has 0 aromatic heterocycles. The van der Waals surface area contributed by atoms with Crippen molar-refractivity contribution in [1.29, 1.82) is 0 Å². The van der Waals surface area contributed by atoms with Gasteiger partial charge in [-0.2, -0.15) is 0 Å². The molecule has 0 bridgehead atoms. The van der Waals surface area contributed by atoms with Gasteiger partial charge in [-0.3, -0.25) is 4.79 Å². The second-order valence-electron chi connectivity index (χ2n) is 14.5. The van der Waals surface area contributed by atoms with Crippen molar-refractivity contribution in [3.8, 4) is 0 Å². The normalized spacial score (nSPS) is 26.9. The highest BCUT2D eigenvalue weighted by Gasteiger charge is 2.52. The highest BCUT2D eigenvalue weighted by Crippen LogP contribution is 2.35. The van der Waals surface area contributed by atoms with Crippen LogP contribution in [0.15, 0.2) is 81.1 Å². The topological polar surface area (TPSA) is 326 Å². The summed E-state index contributed by atoms with van der Waals surface area (Å²) < 4.78 is 42.3. The number of hydrogen-bond acceptors (Lipinski definition) is 14. The van der Waals surface area contributed by atoms with Crippen molar-refractivity contribution in [3.05, 3.63) is 114 Å². The molecule has 2 aliphatic rings. The molecule has 23 heteroatoms. The van der Waals surface area contributed by atoms with Crippen molar-refractivity contribution in [3.63, 3.8) is 0 Å². The summed E-state index contributed by atoms with van der Waals surface area (Å²) in [5, 5.41) is 29.8. The second kappa shape index (κ2) is 22.9. The van der Waals surface area contributed by atoms with Crippen molar-refractivity contribution in [1.82, 2.24) is 5.32 Å². The number of aliphatic hydroxyl groups excluding tert-OH is 1. The Bertz CT molecular complexity index is 1860. The molecule has 2 aromatic rings. The van der Waals surface area contributed by atoms with E-state index in [-0.39, 0.29) is 32.7 Å². The van der Waals surface area contributed by atoms with E-state index >= 15 is 0 Å². The number of carbonyl (C=O) groups excluding carboxylic acids is 2. The summed E-state index contributed by atoms with van der Waals surface area (Å²) in [6.45, 7) is 5.16. The molecule has 11 atom stereocenters. The van der Waals surface area contributed by atoms with Gasteiger partial charge in [0.2, 0.25) is 0 Å². The minimum Gasteiger partial charge on any atom is -0.460 e. The van der Waals surface area contributed by atoms with Crippen LogP contribution >= 0.6 is 0 Å². The minimum atomic E-state index is -1.74. The molecule has 1 saturated carbocycles. The monoisotopic (exact) mass is 821 g/mol. The Hall–Kier alpha value is -5.82. The van der Waals surface area contributed by atoms with Gasteiger partial charge in [0, 0.05) is 26.6 Å². The molecule has 1 saturated heterocycles. The maximum atomic E-state index is 13.0. The van der Waals surface area contributed by atoms with Gasteiger partial charge >= 0.3 is 12.1 Å². The molecule has 59 heavy (non-hydrogen) atoms. The summed E-state index contributed by atoms with van der Waals surface area (Å²) in [7, 11) is 0. The van der Waals surface area contributed by atoms with E-state index in [2.05, 4.69) is 45.4 Å². The van der Waals surface area contributed by atoms with Gasteiger partial charge in [0.15, 0.2) is 6.29 Å². The zero-order chi connectivity index (χ0) is 42.8. The number of rotatable bonds is 19. The van der Waals surface area contributed by atoms with Crippen LogP contribution in [0.25, 0.3) is 41.8 Å². The van der Waals surface area contributed by atoms with Crippen LogP contribution in [0.1, 0.15) is 45.2 Å². The standard InChI is InChI=1S/C36H47N13O10/c1-21(50)56-24(16-41-46-37)20-55-30-25(43-35(52)59-36(2,3)4)15-26(44-48-39)31(29(30)51)58-34-28(45-49-40)33(54-19-23-13-9-6-10-14-23)32(27(57-34)17-42-47-38)53-18-22-11-7-5-8-12-22/h5-14,24-34,51H,15-20H2,1-4H3,(H,43,52)/t24-,25-,26?,27?,28?,29-,30?,31?,32-,33-,34-/m1/s1. The third kappa shape index (κ3) is 14.2. The van der Waals surface area contributed by atoms with E-state index in [1.807, 2.05) is 60.7 Å². The van der Waals surface area contributed by atoms with Crippen LogP contribution < -0.4 is 5.32 Å². The predicted molar refractivity (Wildman–Crippen MR) is 207 cm³/mol. The number of nitrogens with zero attached hydrogens (tertiary/aromatic N) is 12. The fourth-order valence-electron chi connectivity index (χ4n) is 6.58. The third-order valence-electron chi connectivity index (χ3n) is 8.99. The van der Waals surface area contributed by atoms with Crippen molar-refractivity contribution in [2.75, 3.05) is 19.7 Å². The Balaban J connectivity index is 1.73. The number of alkyl carbamates (subject to hydrolysis) is 1. The largest absolute Gasteiger partial charge is 0.460 e. The van der Waals surface area contributed by atoms with E-state index in [9.17, 15) is 31.3 Å². The lowest BCUT2D eigenvalue weighted by Gasteiger charge is -2.48. The molecule has 0 spiro atoms. The van der Waals surface area contributed by atoms with Crippen LogP contribution in [0.4, 0.5) is 4.79 Å². The Morgan fingerprint density at radius 2 is 1.46 bits per heavy atom. The van der Waals surface area contributed by atoms with Crippen LogP contribution in [-0.4, -0.2) is 110 Å². The lowest BCUT2D eigenvalue weighted by molar-refractivity contribution is -0.302. The molecule has 1 amide bonds. The minimum absolute atomic E-state index is 0.0236. The smallest absolute Gasteiger partial charge is 0.407 e. The number of ether oxygens (including phenoxy) is 7. The van der Waals surface area contributed by atoms with Gasteiger partial charge in [-0.1, -0.05) is 81.1 Å². The van der Waals surface area contributed by atoms with Crippen LogP contribution in [0.2, 0.25) is 0 Å². The van der Waals surface area contributed by atoms with Gasteiger partial charge in [0.1, 0.15) is 42.2 Å². The molecule has 2 aromatic carbocycles. The van der Waals surface area contributed by atoms with E-state index in [1.54, 1.807) is 20.8 Å². The molecular formula is C36H47N13O10. The number of esters is 1. The van der Waals surface area contributed by atoms with Crippen LogP contribution in [0.5, 0.6) is 0 Å². The Morgan fingerprint density at radius 3 is 2.02 bits per heavy atom. The lowest BCUT2D eigenvalue weighted by atomic mass is 9.83. The van der Waals surface area contributed by atoms with Gasteiger partial charge in [-0.05, 0) is 60.4 Å². The van der Waals surface area contributed by atoms with E-state index < -0.39 is 91.4 Å². The first-order valence-electron chi connectivity index (χ1n) is 18.6. The SMILES string of the molecule is CC(=O)O[C@H](CN=[N+]=[N-])COC1[C@@H](O)C(O[C@H]2OC(CN=[N+]=[N-])[C@@H](OCc3ccccc3)[C@H](OCc3ccccc3)C2N=[N+]=[N-])C(N=[N+]=[N-])C[C@H]1NC(=O)OC(C)(C)C. The summed E-state index contributed by atoms with van der Waals surface area (Å²) in [5.41, 5.74) is 38.4. The maximum absolute atomic E-state index is 13.0. The van der Waals surface area contributed by atoms with Crippen LogP contribution in [0.3, 0.4) is 0 Å². The van der Waals surface area contributed by atoms with E-state index in [1.165, 1.54) is 0 Å². The van der Waals surface area contributed by atoms with Gasteiger partial charge in [-0.25, -0.2) is 4.79 Å². The predicted octanol–water partition coefficient (Wildman–Crippen LogP) is 6.22. The number of hydrogen-bond donors (Lipinski definition) is 2. The number of amides is 1. The summed E-state index contributed by atoms with van der Waals surface area (Å²) in [5.74, 6) is -0.701. The molecule has 2 fully saturated rings. The van der Waals surface area contributed by atoms with E-state index in [0.29, 0.717) is 0 Å². The zero-order valence-electron chi connectivity index (χ0n) is 32.9. The molecule has 1 heterocycles. The lowest BCUT2D eigenvalue weighted by Crippen LogP contribution is -2.65. The molecule has 316 valence electrons. The first-order valence-corrected chi connectivity index (χ1v) is 18.6. The fraction of sp³-hybridized carbons (Fsp3) is 0.611. The van der Waals surface area contributed by atoms with Crippen molar-refractivity contribution < 1.29 is 47.9 Å². The third-order valence-corrected chi connectivity index (χ3v) is 8.99. The number of nitrogens with one attached hydrogen (secondary N) is 1. The van der Waals surface area contributed by atoms with Crippen LogP contribution in [0, 0.1) is 0 Å². The van der Waals surface area contributed by atoms with Gasteiger partial charge in [0.05, 0.1) is 57.2 Å². The Kier molecular flexibility index (Phi) is 17.8. The molecule has 5 unspecified atom stereocenters. The number of benzene rings is 2. The van der Waals surface area contributed by atoms with Crippen molar-refractivity contribution in [2.45, 2.75) is 120 Å². The maximum Gasteiger partial charge on any atom is 0.407 e. The first-order chi connectivity index (χ1) is 28.4. The van der Waals surface area contributed by atoms with Gasteiger partial charge in [-0.15, -0.1) is 0 Å². The summed E-state index contributed by atoms with van der Waals surface area (Å²) in [4.78, 5) is 36.4. The number of aliphatic hydroxyl groups is 1. The van der Waals surface area contributed by atoms with E-state index in [0.717, 1.165) is 18.1 Å². The summed E-state index contributed by atoms with van der Waals surface area (Å²) in [6.07, 6.45) is -11.5. The molecule has 1 aliphatic heterocycles. The molecular weight excluding hydrogens is 774 g/mol. The fourth-order valence-corrected chi connectivity index (χ4v) is 6.58. The zero-order valence-corrected chi connectivity index (χ0v) is 32.9. The van der Waals surface area contributed by atoms with Crippen LogP contribution in [-0.2, 0) is 51.2 Å². The molecule has 23 nitrogen and oxygen atoms in total. The molecule has 1 aliphatic carbocycles. The van der Waals surface area contributed by atoms with Gasteiger partial charge in [0.25, 0.3) is 0 Å². The van der Waals surface area contributed by atoms with Crippen molar-refractivity contribution in [2.24, 2.45) is 20.5 Å². The average molecular weight is 822 g/mol. The molecule has 4 rings (SSSR count). The summed E-state index contributed by atoms with van der Waals surface area (Å²) in [6, 6.07) is 14.7. The average Bonchev–Trinajstić information content (AvgIpc) is 3.19. The Labute approximate surface area is 338 Å². The first kappa shape index (κ1) is 45.9. The van der Waals surface area contributed by atoms with Crippen molar-refractivity contribution >= 4 is 12.1 Å². The summed E-state index contributed by atoms with van der Waals surface area (Å²) >= 11 is 0. The highest BCUT2D eigenvalue weighted by molar-refractivity contribution is 5.68. The highest BCUT2D eigenvalue weighted by atomic mass is 16.7. The molecule has 2 N–H and O–H groups in total. The molecule has 0 radical (unpaired) electrons. The quantitative estimate of drug-likeness (QED) is 0.0697.